The lowest BCUT2D eigenvalue weighted by Crippen LogP contribution is -2.58. The molecule has 0 radical (unpaired) electrons. The van der Waals surface area contributed by atoms with E-state index in [9.17, 15) is 14.4 Å². The summed E-state index contributed by atoms with van der Waals surface area (Å²) in [4.78, 5) is 47.3. The summed E-state index contributed by atoms with van der Waals surface area (Å²) < 4.78 is 7.99. The predicted molar refractivity (Wildman–Crippen MR) is 158 cm³/mol. The normalized spacial score (nSPS) is 29.8. The maximum absolute atomic E-state index is 14.3. The van der Waals surface area contributed by atoms with E-state index in [0.717, 1.165) is 30.2 Å². The molecule has 4 aliphatic rings. The number of hydrogen-bond donors (Lipinski definition) is 0. The van der Waals surface area contributed by atoms with E-state index in [2.05, 4.69) is 4.90 Å². The van der Waals surface area contributed by atoms with Crippen molar-refractivity contribution in [2.24, 2.45) is 11.8 Å². The van der Waals surface area contributed by atoms with Crippen LogP contribution in [-0.2, 0) is 16.1 Å². The Labute approximate surface area is 240 Å². The number of pyridine rings is 1. The van der Waals surface area contributed by atoms with E-state index in [1.807, 2.05) is 28.8 Å². The van der Waals surface area contributed by atoms with Gasteiger partial charge < -0.3 is 13.9 Å². The van der Waals surface area contributed by atoms with Crippen molar-refractivity contribution < 1.29 is 9.53 Å². The van der Waals surface area contributed by atoms with Crippen molar-refractivity contribution in [1.82, 2.24) is 19.0 Å². The number of esters is 1. The number of methoxy groups -OCH3 is 1. The summed E-state index contributed by atoms with van der Waals surface area (Å²) in [7, 11) is 1.29. The van der Waals surface area contributed by atoms with Crippen LogP contribution in [0.1, 0.15) is 76.7 Å². The van der Waals surface area contributed by atoms with Gasteiger partial charge in [0.1, 0.15) is 12.2 Å². The van der Waals surface area contributed by atoms with Crippen molar-refractivity contribution in [2.45, 2.75) is 101 Å². The van der Waals surface area contributed by atoms with Crippen molar-refractivity contribution in [3.05, 3.63) is 63.3 Å². The zero-order valence-electron chi connectivity index (χ0n) is 23.9. The van der Waals surface area contributed by atoms with Crippen LogP contribution in [0, 0.1) is 11.8 Å². The van der Waals surface area contributed by atoms with E-state index in [0.29, 0.717) is 23.6 Å². The number of carbonyl (C=O) groups is 1. The lowest BCUT2D eigenvalue weighted by Gasteiger charge is -2.55. The van der Waals surface area contributed by atoms with Gasteiger partial charge in [0.15, 0.2) is 0 Å². The molecule has 216 valence electrons. The number of fused-ring (bicyclic) bond motifs is 5. The van der Waals surface area contributed by atoms with Crippen LogP contribution in [0.3, 0.4) is 0 Å². The minimum Gasteiger partial charge on any atom is -0.468 e. The minimum absolute atomic E-state index is 0.0600. The number of ether oxygens (including phenoxy) is 1. The average molecular weight is 557 g/mol. The monoisotopic (exact) mass is 556 g/mol. The molecule has 2 saturated heterocycles. The van der Waals surface area contributed by atoms with E-state index in [4.69, 9.17) is 9.72 Å². The highest BCUT2D eigenvalue weighted by Crippen LogP contribution is 2.47. The fourth-order valence-corrected chi connectivity index (χ4v) is 8.87. The molecule has 7 rings (SSSR count). The zero-order chi connectivity index (χ0) is 28.1. The van der Waals surface area contributed by atoms with Crippen LogP contribution < -0.4 is 11.1 Å². The van der Waals surface area contributed by atoms with Gasteiger partial charge in [-0.3, -0.25) is 19.3 Å². The molecule has 0 N–H and O–H groups in total. The van der Waals surface area contributed by atoms with Crippen molar-refractivity contribution in [2.75, 3.05) is 7.11 Å². The van der Waals surface area contributed by atoms with Gasteiger partial charge in [-0.05, 0) is 81.0 Å². The van der Waals surface area contributed by atoms with Crippen molar-refractivity contribution in [1.29, 1.82) is 0 Å². The molecule has 2 unspecified atom stereocenters. The van der Waals surface area contributed by atoms with E-state index in [1.165, 1.54) is 69.5 Å². The highest BCUT2D eigenvalue weighted by molar-refractivity contribution is 5.78. The number of para-hydroxylation sites is 2. The van der Waals surface area contributed by atoms with Gasteiger partial charge in [0.05, 0.1) is 23.7 Å². The molecule has 2 aliphatic carbocycles. The van der Waals surface area contributed by atoms with Crippen LogP contribution in [-0.4, -0.2) is 50.2 Å². The van der Waals surface area contributed by atoms with E-state index >= 15 is 0 Å². The molecular weight excluding hydrogens is 516 g/mol. The molecule has 8 heteroatoms. The Bertz CT molecular complexity index is 1550. The summed E-state index contributed by atoms with van der Waals surface area (Å²) in [5.41, 5.74) is 1.26. The third-order valence-corrected chi connectivity index (χ3v) is 10.5. The van der Waals surface area contributed by atoms with Crippen LogP contribution in [0.2, 0.25) is 0 Å². The summed E-state index contributed by atoms with van der Waals surface area (Å²) in [5, 5.41) is 0. The second-order valence-electron chi connectivity index (χ2n) is 12.9. The van der Waals surface area contributed by atoms with Crippen LogP contribution in [0.5, 0.6) is 0 Å². The van der Waals surface area contributed by atoms with Crippen molar-refractivity contribution in [3.8, 4) is 11.3 Å². The third kappa shape index (κ3) is 4.84. The second-order valence-corrected chi connectivity index (χ2v) is 12.9. The fourth-order valence-electron chi connectivity index (χ4n) is 8.87. The molecule has 41 heavy (non-hydrogen) atoms. The summed E-state index contributed by atoms with van der Waals surface area (Å²) in [6.07, 6.45) is 15.5. The van der Waals surface area contributed by atoms with E-state index in [1.54, 1.807) is 18.3 Å². The Morgan fingerprint density at radius 3 is 2.27 bits per heavy atom. The molecule has 4 bridgehead atoms. The maximum Gasteiger partial charge on any atom is 0.325 e. The molecule has 0 spiro atoms. The van der Waals surface area contributed by atoms with Gasteiger partial charge in [0.25, 0.3) is 11.1 Å². The van der Waals surface area contributed by atoms with Gasteiger partial charge in [0.2, 0.25) is 0 Å². The quantitative estimate of drug-likeness (QED) is 0.415. The number of carbonyl (C=O) groups excluding carboxylic acids is 1. The first-order valence-corrected chi connectivity index (χ1v) is 15.6. The first-order valence-electron chi connectivity index (χ1n) is 15.6. The first-order chi connectivity index (χ1) is 20.0. The Kier molecular flexibility index (Phi) is 7.05. The smallest absolute Gasteiger partial charge is 0.325 e. The van der Waals surface area contributed by atoms with Gasteiger partial charge in [-0.15, -0.1) is 0 Å². The zero-order valence-corrected chi connectivity index (χ0v) is 23.9. The molecule has 2 saturated carbocycles. The lowest BCUT2D eigenvalue weighted by molar-refractivity contribution is -0.141. The van der Waals surface area contributed by atoms with Gasteiger partial charge >= 0.3 is 5.97 Å². The van der Waals surface area contributed by atoms with Gasteiger partial charge in [-0.1, -0.05) is 37.8 Å². The Hall–Kier alpha value is -3.26. The maximum atomic E-state index is 14.3. The van der Waals surface area contributed by atoms with Crippen LogP contribution in [0.4, 0.5) is 0 Å². The first kappa shape index (κ1) is 26.6. The van der Waals surface area contributed by atoms with Gasteiger partial charge in [-0.25, -0.2) is 4.98 Å². The number of nitrogens with zero attached hydrogens (tertiary/aromatic N) is 4. The highest BCUT2D eigenvalue weighted by Gasteiger charge is 2.45. The molecule has 8 nitrogen and oxygen atoms in total. The SMILES string of the molecule is COC(=O)Cn1cccc(-c2nc3ccccc3n(C3C[C@H]4CCC[C@@H](C3)N4C3C[C@H]4CCC[C@@H](C3)C4)c2=O)c1=O. The predicted octanol–water partition coefficient (Wildman–Crippen LogP) is 4.93. The fraction of sp³-hybridized carbons (Fsp3) is 0.576. The third-order valence-electron chi connectivity index (χ3n) is 10.5. The molecule has 4 fully saturated rings. The second kappa shape index (κ2) is 10.9. The number of piperidine rings is 2. The topological polar surface area (TPSA) is 86.4 Å². The Morgan fingerprint density at radius 2 is 1.54 bits per heavy atom. The molecule has 2 aliphatic heterocycles. The summed E-state index contributed by atoms with van der Waals surface area (Å²) in [6.45, 7) is -0.213. The molecule has 4 heterocycles. The molecular formula is C33H40N4O4. The van der Waals surface area contributed by atoms with Gasteiger partial charge in [0, 0.05) is 30.4 Å². The van der Waals surface area contributed by atoms with Crippen LogP contribution >= 0.6 is 0 Å². The number of rotatable bonds is 5. The highest BCUT2D eigenvalue weighted by atomic mass is 16.5. The Balaban J connectivity index is 1.26. The number of hydrogen-bond acceptors (Lipinski definition) is 6. The van der Waals surface area contributed by atoms with Crippen LogP contribution in [0.15, 0.2) is 52.2 Å². The lowest BCUT2D eigenvalue weighted by atomic mass is 9.68. The largest absolute Gasteiger partial charge is 0.468 e. The average Bonchev–Trinajstić information content (AvgIpc) is 2.97. The summed E-state index contributed by atoms with van der Waals surface area (Å²) >= 11 is 0. The molecule has 2 aromatic heterocycles. The minimum atomic E-state index is -0.520. The van der Waals surface area contributed by atoms with Gasteiger partial charge in [-0.2, -0.15) is 0 Å². The van der Waals surface area contributed by atoms with Crippen molar-refractivity contribution >= 4 is 17.0 Å². The van der Waals surface area contributed by atoms with E-state index in [-0.39, 0.29) is 29.4 Å². The van der Waals surface area contributed by atoms with Crippen molar-refractivity contribution in [3.63, 3.8) is 0 Å². The summed E-state index contributed by atoms with van der Waals surface area (Å²) in [6, 6.07) is 12.8. The number of benzene rings is 1. The Morgan fingerprint density at radius 1 is 0.829 bits per heavy atom. The summed E-state index contributed by atoms with van der Waals surface area (Å²) in [5.74, 6) is 1.27. The van der Waals surface area contributed by atoms with Crippen LogP contribution in [0.25, 0.3) is 22.3 Å². The standard InChI is InChI=1S/C33H40N4O4/c1-41-30(38)20-35-14-6-11-27(32(35)39)31-33(40)37(29-13-3-2-12-28(29)34-31)26-18-23-9-5-10-24(19-26)36(23)25-16-21-7-4-8-22(15-21)17-25/h2-3,6,11-14,21-26H,4-5,7-10,15-20H2,1H3/t21-,22+,23-,24+,25?,26?. The number of aromatic nitrogens is 3. The molecule has 3 aromatic rings. The molecule has 6 atom stereocenters. The molecule has 0 amide bonds. The molecule has 1 aromatic carbocycles. The van der Waals surface area contributed by atoms with E-state index < -0.39 is 11.5 Å².